The summed E-state index contributed by atoms with van der Waals surface area (Å²) in [5, 5.41) is 7.67. The third-order valence-corrected chi connectivity index (χ3v) is 11.4. The molecule has 6 heteroatoms. The first-order chi connectivity index (χ1) is 25.4. The molecule has 3 aromatic carbocycles. The quantitative estimate of drug-likeness (QED) is 0.102. The van der Waals surface area contributed by atoms with Gasteiger partial charge in [0.05, 0.1) is 5.69 Å². The predicted molar refractivity (Wildman–Crippen MR) is 220 cm³/mol. The van der Waals surface area contributed by atoms with Gasteiger partial charge in [-0.05, 0) is 83.7 Å². The maximum atomic E-state index is 6.77. The van der Waals surface area contributed by atoms with Gasteiger partial charge in [-0.1, -0.05) is 111 Å². The van der Waals surface area contributed by atoms with Gasteiger partial charge >= 0.3 is 21.1 Å². The van der Waals surface area contributed by atoms with Crippen LogP contribution < -0.4 is 4.74 Å². The summed E-state index contributed by atoms with van der Waals surface area (Å²) in [6.07, 6.45) is 9.73. The van der Waals surface area contributed by atoms with Crippen LogP contribution in [0.2, 0.25) is 0 Å². The fourth-order valence-electron chi connectivity index (χ4n) is 8.63. The Morgan fingerprint density at radius 1 is 0.889 bits per heavy atom. The van der Waals surface area contributed by atoms with E-state index in [1.807, 2.05) is 12.3 Å². The van der Waals surface area contributed by atoms with Crippen LogP contribution in [0.25, 0.3) is 33.3 Å². The molecule has 1 aliphatic carbocycles. The minimum Gasteiger partial charge on any atom is -0.509 e. The number of ether oxygens (including phenoxy) is 1. The molecule has 0 radical (unpaired) electrons. The maximum Gasteiger partial charge on any atom is 2.00 e. The van der Waals surface area contributed by atoms with Crippen molar-refractivity contribution in [3.8, 4) is 23.0 Å². The molecule has 3 aromatic heterocycles. The molecule has 0 saturated heterocycles. The third kappa shape index (κ3) is 7.38. The number of nitrogens with zero attached hydrogens (tertiary/aromatic N) is 4. The monoisotopic (exact) mass is 899 g/mol. The molecule has 1 unspecified atom stereocenters. The first-order valence-corrected chi connectivity index (χ1v) is 19.9. The molecule has 0 aliphatic heterocycles. The van der Waals surface area contributed by atoms with E-state index in [-0.39, 0.29) is 26.5 Å². The zero-order valence-corrected chi connectivity index (χ0v) is 36.1. The molecule has 284 valence electrons. The Kier molecular flexibility index (Phi) is 11.8. The van der Waals surface area contributed by atoms with Gasteiger partial charge in [-0.3, -0.25) is 4.68 Å². The van der Waals surface area contributed by atoms with Crippen LogP contribution in [-0.2, 0) is 39.3 Å². The van der Waals surface area contributed by atoms with Crippen molar-refractivity contribution in [2.75, 3.05) is 0 Å². The molecule has 0 amide bonds. The number of aryl methyl sites for hydroxylation is 1. The first kappa shape index (κ1) is 39.7. The molecule has 0 fully saturated rings. The molecule has 0 saturated carbocycles. The second kappa shape index (κ2) is 16.0. The number of fused-ring (bicyclic) bond motifs is 3. The Morgan fingerprint density at radius 2 is 1.67 bits per heavy atom. The number of rotatable bonds is 10. The van der Waals surface area contributed by atoms with Crippen LogP contribution in [-0.4, -0.2) is 19.3 Å². The molecule has 0 N–H and O–H groups in total. The summed E-state index contributed by atoms with van der Waals surface area (Å²) in [5.41, 5.74) is 10.8. The summed E-state index contributed by atoms with van der Waals surface area (Å²) in [6.45, 7) is 22.8. The third-order valence-electron chi connectivity index (χ3n) is 11.4. The van der Waals surface area contributed by atoms with Crippen molar-refractivity contribution in [2.24, 2.45) is 11.8 Å². The average molecular weight is 900 g/mol. The van der Waals surface area contributed by atoms with Crippen LogP contribution in [0.1, 0.15) is 128 Å². The van der Waals surface area contributed by atoms with E-state index in [9.17, 15) is 0 Å². The largest absolute Gasteiger partial charge is 2.00 e. The van der Waals surface area contributed by atoms with Gasteiger partial charge < -0.3 is 9.30 Å². The Hall–Kier alpha value is -3.95. The molecular formula is C48H56N4OPt. The molecule has 5 nitrogen and oxygen atoms in total. The van der Waals surface area contributed by atoms with Crippen LogP contribution in [0.3, 0.4) is 0 Å². The van der Waals surface area contributed by atoms with Gasteiger partial charge in [0.25, 0.3) is 0 Å². The van der Waals surface area contributed by atoms with Crippen molar-refractivity contribution in [3.63, 3.8) is 0 Å². The second-order valence-electron chi connectivity index (χ2n) is 16.4. The molecular weight excluding hydrogens is 844 g/mol. The Morgan fingerprint density at radius 3 is 2.35 bits per heavy atom. The number of allylic oxidation sites excluding steroid dienone is 2. The number of para-hydroxylation sites is 1. The smallest absolute Gasteiger partial charge is 0.509 e. The number of hydrogen-bond acceptors (Lipinski definition) is 3. The minimum atomic E-state index is -0.115. The summed E-state index contributed by atoms with van der Waals surface area (Å²) >= 11 is 0. The van der Waals surface area contributed by atoms with E-state index in [4.69, 9.17) is 14.8 Å². The van der Waals surface area contributed by atoms with Crippen molar-refractivity contribution in [2.45, 2.75) is 119 Å². The molecule has 0 bridgehead atoms. The van der Waals surface area contributed by atoms with Crippen molar-refractivity contribution < 1.29 is 25.8 Å². The van der Waals surface area contributed by atoms with E-state index < -0.39 is 0 Å². The number of benzene rings is 3. The Balaban J connectivity index is 0.00000497. The van der Waals surface area contributed by atoms with E-state index >= 15 is 0 Å². The van der Waals surface area contributed by atoms with Crippen LogP contribution >= 0.6 is 0 Å². The first-order valence-electron chi connectivity index (χ1n) is 19.9. The standard InChI is InChI=1S/C48H56N4O.Pt/c1-11-32-23-31(7)24-33(12-2)46(32)47-41(13-3)50-52(42(47)14-4)36-26-35(48(8,9)10)27-38(28-36)53-37-19-20-40-39-17-15-16-18-43(39)51(44(40)29-37)45-25-34(30(5)6)21-22-49-45;/h15-23,25-27,30-31,33,46H,11-14,24H2,1-10H3;/q-2;+2/t31-,33-,46?;/m0./s1. The molecule has 54 heavy (non-hydrogen) atoms. The van der Waals surface area contributed by atoms with Crippen molar-refractivity contribution in [3.05, 3.63) is 119 Å². The van der Waals surface area contributed by atoms with E-state index in [0.717, 1.165) is 52.6 Å². The minimum absolute atomic E-state index is 0. The van der Waals surface area contributed by atoms with Crippen molar-refractivity contribution >= 4 is 21.8 Å². The zero-order valence-electron chi connectivity index (χ0n) is 33.8. The molecule has 6 aromatic rings. The van der Waals surface area contributed by atoms with E-state index in [0.29, 0.717) is 35.2 Å². The van der Waals surface area contributed by atoms with Crippen LogP contribution in [0, 0.1) is 24.0 Å². The topological polar surface area (TPSA) is 44.9 Å². The van der Waals surface area contributed by atoms with Gasteiger partial charge in [0.1, 0.15) is 5.82 Å². The van der Waals surface area contributed by atoms with Crippen molar-refractivity contribution in [1.29, 1.82) is 0 Å². The summed E-state index contributed by atoms with van der Waals surface area (Å²) in [6, 6.07) is 28.7. The van der Waals surface area contributed by atoms with E-state index in [1.54, 1.807) is 5.57 Å². The van der Waals surface area contributed by atoms with Gasteiger partial charge in [0.2, 0.25) is 0 Å². The van der Waals surface area contributed by atoms with Gasteiger partial charge in [-0.15, -0.1) is 41.3 Å². The number of hydrogen-bond donors (Lipinski definition) is 0. The van der Waals surface area contributed by atoms with Gasteiger partial charge in [0, 0.05) is 40.4 Å². The molecule has 3 heterocycles. The van der Waals surface area contributed by atoms with E-state index in [1.165, 1.54) is 40.9 Å². The molecule has 3 atom stereocenters. The molecule has 1 aliphatic rings. The molecule has 0 spiro atoms. The summed E-state index contributed by atoms with van der Waals surface area (Å²) < 4.78 is 11.2. The zero-order chi connectivity index (χ0) is 37.6. The van der Waals surface area contributed by atoms with Gasteiger partial charge in [0.15, 0.2) is 0 Å². The van der Waals surface area contributed by atoms with E-state index in [2.05, 4.69) is 151 Å². The van der Waals surface area contributed by atoms with Gasteiger partial charge in [-0.25, -0.2) is 4.98 Å². The van der Waals surface area contributed by atoms with Crippen LogP contribution in [0.5, 0.6) is 11.5 Å². The number of aromatic nitrogens is 4. The summed E-state index contributed by atoms with van der Waals surface area (Å²) in [5.74, 6) is 4.22. The summed E-state index contributed by atoms with van der Waals surface area (Å²) in [4.78, 5) is 4.83. The predicted octanol–water partition coefficient (Wildman–Crippen LogP) is 12.8. The van der Waals surface area contributed by atoms with Crippen LogP contribution in [0.15, 0.2) is 78.5 Å². The SMILES string of the molecule is CCC1=C[C@H](C)C[C@H](CC)C1c1c(CC)nn(-c2[c-]c(Oc3[c-]c4c(cc3)c3ccccc3n4-c3cc(C(C)C)ccn3)cc(C(C)(C)C)c2)c1CC.[Pt+2]. The fraction of sp³-hybridized carbons (Fsp3) is 0.417. The Bertz CT molecular complexity index is 2300. The normalized spacial score (nSPS) is 17.6. The summed E-state index contributed by atoms with van der Waals surface area (Å²) in [7, 11) is 0. The fourth-order valence-corrected chi connectivity index (χ4v) is 8.63. The Labute approximate surface area is 337 Å². The average Bonchev–Trinajstić information content (AvgIpc) is 3.69. The van der Waals surface area contributed by atoms with Crippen LogP contribution in [0.4, 0.5) is 0 Å². The maximum absolute atomic E-state index is 6.77. The van der Waals surface area contributed by atoms with Crippen molar-refractivity contribution in [1.82, 2.24) is 19.3 Å². The number of pyridine rings is 1. The molecule has 7 rings (SSSR count). The second-order valence-corrected chi connectivity index (χ2v) is 16.4. The van der Waals surface area contributed by atoms with Gasteiger partial charge in [-0.2, -0.15) is 11.2 Å².